The second kappa shape index (κ2) is 7.99. The van der Waals surface area contributed by atoms with Crippen molar-refractivity contribution in [1.29, 1.82) is 0 Å². The maximum Gasteiger partial charge on any atom is 0.119 e. The zero-order valence-corrected chi connectivity index (χ0v) is 15.1. The van der Waals surface area contributed by atoms with Gasteiger partial charge < -0.3 is 14.6 Å². The molecule has 0 atom stereocenters. The predicted molar refractivity (Wildman–Crippen MR) is 105 cm³/mol. The molecule has 1 aromatic heterocycles. The summed E-state index contributed by atoms with van der Waals surface area (Å²) >= 11 is 0. The molecule has 0 unspecified atom stereocenters. The third-order valence-corrected chi connectivity index (χ3v) is 4.32. The average Bonchev–Trinajstić information content (AvgIpc) is 3.01. The summed E-state index contributed by atoms with van der Waals surface area (Å²) in [5.41, 5.74) is 5.90. The summed E-state index contributed by atoms with van der Waals surface area (Å²) in [6.07, 6.45) is 5.07. The number of allylic oxidation sites excluding steroid dienone is 1. The van der Waals surface area contributed by atoms with E-state index < -0.39 is 0 Å². The van der Waals surface area contributed by atoms with Gasteiger partial charge in [-0.25, -0.2) is 4.98 Å². The fourth-order valence-electron chi connectivity index (χ4n) is 2.86. The van der Waals surface area contributed by atoms with Crippen molar-refractivity contribution in [3.05, 3.63) is 59.9 Å². The molecule has 4 nitrogen and oxygen atoms in total. The first-order valence-electron chi connectivity index (χ1n) is 8.70. The smallest absolute Gasteiger partial charge is 0.119 e. The van der Waals surface area contributed by atoms with Crippen LogP contribution in [0.15, 0.2) is 48.8 Å². The normalized spacial score (nSPS) is 11.9. The summed E-state index contributed by atoms with van der Waals surface area (Å²) in [6.45, 7) is 3.71. The van der Waals surface area contributed by atoms with Crippen LogP contribution in [0.4, 0.5) is 0 Å². The number of likely N-dealkylation sites (N-methyl/N-ethyl adjacent to an activating group) is 1. The van der Waals surface area contributed by atoms with Crippen LogP contribution in [-0.4, -0.2) is 29.8 Å². The maximum absolute atomic E-state index is 5.67. The summed E-state index contributed by atoms with van der Waals surface area (Å²) in [5.74, 6) is 0.903. The molecule has 0 bridgehead atoms. The molecule has 1 N–H and O–H groups in total. The van der Waals surface area contributed by atoms with Gasteiger partial charge in [-0.2, -0.15) is 0 Å². The first-order chi connectivity index (χ1) is 12.2. The Morgan fingerprint density at radius 2 is 2.00 bits per heavy atom. The molecule has 3 aromatic rings. The molecule has 0 aliphatic heterocycles. The number of aryl methyl sites for hydroxylation is 1. The molecule has 25 heavy (non-hydrogen) atoms. The Kier molecular flexibility index (Phi) is 5.51. The van der Waals surface area contributed by atoms with E-state index in [4.69, 9.17) is 4.74 Å². The van der Waals surface area contributed by atoms with Crippen LogP contribution in [0.25, 0.3) is 22.7 Å². The molecule has 4 heteroatoms. The predicted octanol–water partition coefficient (Wildman–Crippen LogP) is 4.12. The average molecular weight is 335 g/mol. The Morgan fingerprint density at radius 3 is 2.72 bits per heavy atom. The van der Waals surface area contributed by atoms with Crippen LogP contribution in [0.3, 0.4) is 0 Å². The van der Waals surface area contributed by atoms with E-state index in [1.807, 2.05) is 37.1 Å². The molecular weight excluding hydrogens is 310 g/mol. The van der Waals surface area contributed by atoms with Gasteiger partial charge in [0.2, 0.25) is 0 Å². The number of nitrogens with one attached hydrogen (secondary N) is 1. The monoisotopic (exact) mass is 335 g/mol. The van der Waals surface area contributed by atoms with Crippen LogP contribution in [0.1, 0.15) is 24.5 Å². The highest BCUT2D eigenvalue weighted by atomic mass is 16.5. The van der Waals surface area contributed by atoms with Gasteiger partial charge in [0.25, 0.3) is 0 Å². The largest absolute Gasteiger partial charge is 0.492 e. The molecule has 0 saturated carbocycles. The van der Waals surface area contributed by atoms with Gasteiger partial charge >= 0.3 is 0 Å². The molecule has 0 saturated heterocycles. The Bertz CT molecular complexity index is 862. The molecule has 0 amide bonds. The molecule has 0 spiro atoms. The van der Waals surface area contributed by atoms with Crippen molar-refractivity contribution in [3.8, 4) is 5.75 Å². The molecule has 0 aliphatic carbocycles. The van der Waals surface area contributed by atoms with Crippen LogP contribution in [0.5, 0.6) is 5.75 Å². The first-order valence-corrected chi connectivity index (χ1v) is 8.70. The second-order valence-corrected chi connectivity index (χ2v) is 6.10. The second-order valence-electron chi connectivity index (χ2n) is 6.10. The molecule has 0 aliphatic rings. The molecule has 2 aromatic carbocycles. The van der Waals surface area contributed by atoms with Crippen molar-refractivity contribution >= 4 is 22.7 Å². The lowest BCUT2D eigenvalue weighted by Crippen LogP contribution is -2.15. The number of ether oxygens (including phenoxy) is 1. The van der Waals surface area contributed by atoms with E-state index in [0.717, 1.165) is 29.7 Å². The summed E-state index contributed by atoms with van der Waals surface area (Å²) in [6, 6.07) is 14.7. The van der Waals surface area contributed by atoms with Gasteiger partial charge in [-0.1, -0.05) is 31.2 Å². The Hall–Kier alpha value is -2.59. The van der Waals surface area contributed by atoms with Crippen LogP contribution in [0, 0.1) is 0 Å². The minimum atomic E-state index is 0.677. The molecule has 3 rings (SSSR count). The van der Waals surface area contributed by atoms with Gasteiger partial charge in [0.15, 0.2) is 0 Å². The van der Waals surface area contributed by atoms with E-state index in [-0.39, 0.29) is 0 Å². The minimum absolute atomic E-state index is 0.677. The standard InChI is InChI=1S/C21H25N3O/c1-4-17(18-7-10-21-20(14-18)23-15-24(21)3)13-16-5-8-19(9-6-16)25-12-11-22-2/h5-10,13-15,22H,4,11-12H2,1-3H3. The number of aromatic nitrogens is 2. The zero-order valence-electron chi connectivity index (χ0n) is 15.1. The molecule has 0 radical (unpaired) electrons. The first kappa shape index (κ1) is 17.2. The Balaban J connectivity index is 1.81. The summed E-state index contributed by atoms with van der Waals surface area (Å²) < 4.78 is 7.72. The van der Waals surface area contributed by atoms with Crippen molar-refractivity contribution in [1.82, 2.24) is 14.9 Å². The zero-order chi connectivity index (χ0) is 17.6. The van der Waals surface area contributed by atoms with E-state index in [2.05, 4.69) is 53.6 Å². The van der Waals surface area contributed by atoms with Gasteiger partial charge in [0.1, 0.15) is 12.4 Å². The summed E-state index contributed by atoms with van der Waals surface area (Å²) in [5, 5.41) is 3.07. The summed E-state index contributed by atoms with van der Waals surface area (Å²) in [4.78, 5) is 4.46. The third-order valence-electron chi connectivity index (χ3n) is 4.32. The van der Waals surface area contributed by atoms with Gasteiger partial charge in [0.05, 0.1) is 17.4 Å². The van der Waals surface area contributed by atoms with Crippen molar-refractivity contribution < 1.29 is 4.74 Å². The van der Waals surface area contributed by atoms with Gasteiger partial charge in [-0.15, -0.1) is 0 Å². The highest BCUT2D eigenvalue weighted by molar-refractivity contribution is 5.86. The lowest BCUT2D eigenvalue weighted by atomic mass is 10.00. The van der Waals surface area contributed by atoms with E-state index in [9.17, 15) is 0 Å². The van der Waals surface area contributed by atoms with E-state index in [1.54, 1.807) is 0 Å². The van der Waals surface area contributed by atoms with E-state index >= 15 is 0 Å². The van der Waals surface area contributed by atoms with Gasteiger partial charge in [-0.05, 0) is 54.4 Å². The molecule has 1 heterocycles. The Labute approximate surface area is 149 Å². The van der Waals surface area contributed by atoms with E-state index in [1.165, 1.54) is 16.7 Å². The summed E-state index contributed by atoms with van der Waals surface area (Å²) in [7, 11) is 3.94. The van der Waals surface area contributed by atoms with Crippen LogP contribution in [0.2, 0.25) is 0 Å². The highest BCUT2D eigenvalue weighted by Gasteiger charge is 2.05. The number of hydrogen-bond acceptors (Lipinski definition) is 3. The van der Waals surface area contributed by atoms with E-state index in [0.29, 0.717) is 6.61 Å². The van der Waals surface area contributed by atoms with Crippen LogP contribution in [-0.2, 0) is 7.05 Å². The molecular formula is C21H25N3O. The SMILES string of the molecule is CCC(=Cc1ccc(OCCNC)cc1)c1ccc2c(c1)ncn2C. The van der Waals surface area contributed by atoms with Crippen molar-refractivity contribution in [2.45, 2.75) is 13.3 Å². The number of imidazole rings is 1. The van der Waals surface area contributed by atoms with Gasteiger partial charge in [-0.3, -0.25) is 0 Å². The minimum Gasteiger partial charge on any atom is -0.492 e. The number of rotatable bonds is 7. The van der Waals surface area contributed by atoms with Crippen molar-refractivity contribution in [3.63, 3.8) is 0 Å². The number of hydrogen-bond donors (Lipinski definition) is 1. The van der Waals surface area contributed by atoms with Crippen LogP contribution < -0.4 is 10.1 Å². The quantitative estimate of drug-likeness (QED) is 0.521. The number of fused-ring (bicyclic) bond motifs is 1. The topological polar surface area (TPSA) is 39.1 Å². The third kappa shape index (κ3) is 4.09. The molecule has 130 valence electrons. The fraction of sp³-hybridized carbons (Fsp3) is 0.286. The Morgan fingerprint density at radius 1 is 1.20 bits per heavy atom. The maximum atomic E-state index is 5.67. The van der Waals surface area contributed by atoms with Gasteiger partial charge in [0, 0.05) is 13.6 Å². The van der Waals surface area contributed by atoms with Crippen molar-refractivity contribution in [2.24, 2.45) is 7.05 Å². The number of nitrogens with zero attached hydrogens (tertiary/aromatic N) is 2. The number of benzene rings is 2. The molecule has 0 fully saturated rings. The van der Waals surface area contributed by atoms with Crippen molar-refractivity contribution in [2.75, 3.05) is 20.2 Å². The fourth-order valence-corrected chi connectivity index (χ4v) is 2.86. The lowest BCUT2D eigenvalue weighted by molar-refractivity contribution is 0.318. The lowest BCUT2D eigenvalue weighted by Gasteiger charge is -2.08. The highest BCUT2D eigenvalue weighted by Crippen LogP contribution is 2.25. The van der Waals surface area contributed by atoms with Crippen LogP contribution >= 0.6 is 0 Å².